The summed E-state index contributed by atoms with van der Waals surface area (Å²) < 4.78 is 1.65. The van der Waals surface area contributed by atoms with Gasteiger partial charge in [-0.3, -0.25) is 10.2 Å². The first-order chi connectivity index (χ1) is 5.42. The van der Waals surface area contributed by atoms with Crippen LogP contribution in [0.25, 0.3) is 11.4 Å². The molecule has 0 bridgehead atoms. The number of nitrogens with zero attached hydrogens (tertiary/aromatic N) is 3. The second kappa shape index (κ2) is 2.21. The van der Waals surface area contributed by atoms with Gasteiger partial charge in [-0.05, 0) is 12.1 Å². The minimum atomic E-state index is 0.824. The third-order valence-corrected chi connectivity index (χ3v) is 1.50. The van der Waals surface area contributed by atoms with Gasteiger partial charge in [0.05, 0.1) is 6.20 Å². The van der Waals surface area contributed by atoms with Gasteiger partial charge in [-0.2, -0.15) is 5.10 Å². The quantitative estimate of drug-likeness (QED) is 0.435. The molecule has 5 heteroatoms. The van der Waals surface area contributed by atoms with E-state index in [1.54, 1.807) is 17.1 Å². The normalized spacial score (nSPS) is 10.3. The van der Waals surface area contributed by atoms with Crippen LogP contribution in [0, 0.1) is 0 Å². The standard InChI is InChI=1S/C6H7N5/c7-10-11-3-1-2-5-6(11)4-8-9-5/h1-4,10H,7H2. The van der Waals surface area contributed by atoms with Crippen LogP contribution in [0.3, 0.4) is 0 Å². The molecule has 0 saturated carbocycles. The van der Waals surface area contributed by atoms with Crippen molar-refractivity contribution in [3.8, 4) is 11.4 Å². The topological polar surface area (TPSA) is 68.8 Å². The highest BCUT2D eigenvalue weighted by molar-refractivity contribution is 5.54. The maximum Gasteiger partial charge on any atom is 0.113 e. The molecule has 0 aliphatic carbocycles. The fraction of sp³-hybridized carbons (Fsp3) is 0. The monoisotopic (exact) mass is 149 g/mol. The highest BCUT2D eigenvalue weighted by Gasteiger charge is 2.06. The van der Waals surface area contributed by atoms with Gasteiger partial charge >= 0.3 is 0 Å². The number of pyridine rings is 1. The number of nitrogens with one attached hydrogen (secondary N) is 1. The van der Waals surface area contributed by atoms with E-state index in [2.05, 4.69) is 15.7 Å². The van der Waals surface area contributed by atoms with Gasteiger partial charge in [0, 0.05) is 6.20 Å². The Balaban J connectivity index is 2.66. The third-order valence-electron chi connectivity index (χ3n) is 1.50. The Bertz CT molecular complexity index is 328. The largest absolute Gasteiger partial charge is 0.262 e. The van der Waals surface area contributed by atoms with Crippen molar-refractivity contribution >= 4 is 0 Å². The summed E-state index contributed by atoms with van der Waals surface area (Å²) in [4.78, 5) is 0. The van der Waals surface area contributed by atoms with E-state index in [4.69, 9.17) is 5.84 Å². The summed E-state index contributed by atoms with van der Waals surface area (Å²) in [5.41, 5.74) is 4.19. The summed E-state index contributed by atoms with van der Waals surface area (Å²) in [5, 5.41) is 7.60. The molecule has 2 heterocycles. The van der Waals surface area contributed by atoms with Crippen LogP contribution >= 0.6 is 0 Å². The molecule has 2 aliphatic heterocycles. The van der Waals surface area contributed by atoms with Crippen molar-refractivity contribution in [3.63, 3.8) is 0 Å². The van der Waals surface area contributed by atoms with Crippen LogP contribution in [-0.2, 0) is 0 Å². The molecule has 0 unspecified atom stereocenters. The SMILES string of the molecule is NNn1cccc2nncc1-2. The number of fused-ring (bicyclic) bond motifs is 1. The van der Waals surface area contributed by atoms with Crippen molar-refractivity contribution in [2.24, 2.45) is 5.84 Å². The maximum absolute atomic E-state index is 5.23. The Morgan fingerprint density at radius 3 is 3.27 bits per heavy atom. The first-order valence-electron chi connectivity index (χ1n) is 3.17. The first kappa shape index (κ1) is 6.11. The number of hydrazine groups is 1. The minimum Gasteiger partial charge on any atom is -0.262 e. The van der Waals surface area contributed by atoms with Crippen LogP contribution in [-0.4, -0.2) is 14.9 Å². The molecule has 0 aromatic rings. The lowest BCUT2D eigenvalue weighted by molar-refractivity contribution is 0.879. The Kier molecular flexibility index (Phi) is 1.23. The number of hydrogen-bond donors (Lipinski definition) is 2. The van der Waals surface area contributed by atoms with Crippen LogP contribution < -0.4 is 11.4 Å². The summed E-state index contributed by atoms with van der Waals surface area (Å²) in [7, 11) is 0. The second-order valence-corrected chi connectivity index (χ2v) is 2.12. The fourth-order valence-corrected chi connectivity index (χ4v) is 0.981. The van der Waals surface area contributed by atoms with Crippen molar-refractivity contribution in [2.75, 3.05) is 5.53 Å². The molecule has 0 amide bonds. The molecule has 0 aromatic heterocycles. The van der Waals surface area contributed by atoms with E-state index >= 15 is 0 Å². The number of hydrogen-bond acceptors (Lipinski definition) is 4. The lowest BCUT2D eigenvalue weighted by Crippen LogP contribution is -2.22. The second-order valence-electron chi connectivity index (χ2n) is 2.12. The molecular weight excluding hydrogens is 142 g/mol. The van der Waals surface area contributed by atoms with Gasteiger partial charge in [-0.1, -0.05) is 0 Å². The van der Waals surface area contributed by atoms with Gasteiger partial charge in [-0.15, -0.1) is 5.10 Å². The van der Waals surface area contributed by atoms with Crippen molar-refractivity contribution in [3.05, 3.63) is 24.5 Å². The summed E-state index contributed by atoms with van der Waals surface area (Å²) in [5.74, 6) is 5.23. The highest BCUT2D eigenvalue weighted by Crippen LogP contribution is 2.14. The van der Waals surface area contributed by atoms with Crippen molar-refractivity contribution in [1.82, 2.24) is 14.9 Å². The summed E-state index contributed by atoms with van der Waals surface area (Å²) >= 11 is 0. The smallest absolute Gasteiger partial charge is 0.113 e. The molecule has 0 radical (unpaired) electrons. The Morgan fingerprint density at radius 2 is 2.45 bits per heavy atom. The molecule has 3 N–H and O–H groups in total. The Hall–Kier alpha value is -1.62. The van der Waals surface area contributed by atoms with Crippen molar-refractivity contribution in [2.45, 2.75) is 0 Å². The molecule has 56 valence electrons. The van der Waals surface area contributed by atoms with E-state index in [-0.39, 0.29) is 0 Å². The fourth-order valence-electron chi connectivity index (χ4n) is 0.981. The van der Waals surface area contributed by atoms with Gasteiger partial charge in [0.15, 0.2) is 0 Å². The molecule has 0 atom stereocenters. The van der Waals surface area contributed by atoms with Crippen LogP contribution in [0.15, 0.2) is 24.5 Å². The molecule has 2 rings (SSSR count). The van der Waals surface area contributed by atoms with Gasteiger partial charge < -0.3 is 0 Å². The minimum absolute atomic E-state index is 0.824. The average Bonchev–Trinajstić information content (AvgIpc) is 2.50. The lowest BCUT2D eigenvalue weighted by atomic mass is 10.3. The Labute approximate surface area is 63.1 Å². The summed E-state index contributed by atoms with van der Waals surface area (Å²) in [6.07, 6.45) is 3.45. The van der Waals surface area contributed by atoms with E-state index in [1.165, 1.54) is 0 Å². The molecule has 5 nitrogen and oxygen atoms in total. The van der Waals surface area contributed by atoms with E-state index in [0.29, 0.717) is 0 Å². The van der Waals surface area contributed by atoms with Crippen LogP contribution in [0.2, 0.25) is 0 Å². The lowest BCUT2D eigenvalue weighted by Gasteiger charge is -2.07. The zero-order valence-electron chi connectivity index (χ0n) is 5.73. The van der Waals surface area contributed by atoms with Crippen molar-refractivity contribution in [1.29, 1.82) is 0 Å². The van der Waals surface area contributed by atoms with Gasteiger partial charge in [0.25, 0.3) is 0 Å². The maximum atomic E-state index is 5.23. The van der Waals surface area contributed by atoms with Crippen LogP contribution in [0.1, 0.15) is 0 Å². The number of nitrogen functional groups attached to an aromatic ring is 1. The molecule has 2 aliphatic rings. The van der Waals surface area contributed by atoms with E-state index < -0.39 is 0 Å². The number of nitrogens with two attached hydrogens (primary N) is 1. The van der Waals surface area contributed by atoms with Gasteiger partial charge in [0.2, 0.25) is 0 Å². The molecule has 0 fully saturated rings. The molecular formula is C6H7N5. The van der Waals surface area contributed by atoms with E-state index in [0.717, 1.165) is 11.4 Å². The van der Waals surface area contributed by atoms with Crippen LogP contribution in [0.5, 0.6) is 0 Å². The first-order valence-corrected chi connectivity index (χ1v) is 3.17. The van der Waals surface area contributed by atoms with Gasteiger partial charge in [0.1, 0.15) is 11.4 Å². The van der Waals surface area contributed by atoms with Crippen LogP contribution in [0.4, 0.5) is 0 Å². The number of aromatic nitrogens is 3. The average molecular weight is 149 g/mol. The molecule has 11 heavy (non-hydrogen) atoms. The van der Waals surface area contributed by atoms with Crippen molar-refractivity contribution < 1.29 is 0 Å². The predicted octanol–water partition coefficient (Wildman–Crippen LogP) is -0.200. The third kappa shape index (κ3) is 0.821. The number of rotatable bonds is 1. The molecule has 0 spiro atoms. The predicted molar refractivity (Wildman–Crippen MR) is 40.2 cm³/mol. The summed E-state index contributed by atoms with van der Waals surface area (Å²) in [6, 6.07) is 3.72. The zero-order valence-corrected chi connectivity index (χ0v) is 5.73. The highest BCUT2D eigenvalue weighted by atomic mass is 15.6. The summed E-state index contributed by atoms with van der Waals surface area (Å²) in [6.45, 7) is 0. The molecule has 0 aromatic carbocycles. The van der Waals surface area contributed by atoms with Gasteiger partial charge in [-0.25, -0.2) is 5.84 Å². The van der Waals surface area contributed by atoms with E-state index in [1.807, 2.05) is 12.1 Å². The molecule has 0 saturated heterocycles. The Morgan fingerprint density at radius 1 is 1.55 bits per heavy atom. The van der Waals surface area contributed by atoms with E-state index in [9.17, 15) is 0 Å². The zero-order chi connectivity index (χ0) is 7.68.